The van der Waals surface area contributed by atoms with E-state index in [0.717, 1.165) is 17.8 Å². The Morgan fingerprint density at radius 1 is 1.42 bits per heavy atom. The quantitative estimate of drug-likeness (QED) is 0.554. The molecule has 0 radical (unpaired) electrons. The molecule has 0 N–H and O–H groups in total. The summed E-state index contributed by atoms with van der Waals surface area (Å²) in [6, 6.07) is 0. The van der Waals surface area contributed by atoms with Crippen molar-refractivity contribution < 1.29 is 0 Å². The molecule has 3 atom stereocenters. The van der Waals surface area contributed by atoms with E-state index in [2.05, 4.69) is 38.7 Å². The standard InChI is InChI=1S/C12H20/c1-4-10(3)12(5-2)11-8-6-7-9-11/h6,9-12H,4-5,8H2,1-3H3. The maximum absolute atomic E-state index is 3.22. The molecule has 1 aliphatic carbocycles. The van der Waals surface area contributed by atoms with Gasteiger partial charge in [-0.2, -0.15) is 0 Å². The van der Waals surface area contributed by atoms with E-state index in [-0.39, 0.29) is 0 Å². The molecule has 0 heteroatoms. The van der Waals surface area contributed by atoms with E-state index in [0.29, 0.717) is 0 Å². The van der Waals surface area contributed by atoms with Gasteiger partial charge < -0.3 is 0 Å². The maximum Gasteiger partial charge on any atom is -0.00861 e. The van der Waals surface area contributed by atoms with Gasteiger partial charge in [0.1, 0.15) is 0 Å². The Kier molecular flexibility index (Phi) is 3.62. The molecule has 0 aliphatic heterocycles. The van der Waals surface area contributed by atoms with E-state index < -0.39 is 0 Å². The van der Waals surface area contributed by atoms with Crippen molar-refractivity contribution in [3.05, 3.63) is 17.9 Å². The fraction of sp³-hybridized carbons (Fsp3) is 0.750. The van der Waals surface area contributed by atoms with E-state index in [1.165, 1.54) is 19.3 Å². The average Bonchev–Trinajstić information content (AvgIpc) is 2.58. The zero-order valence-corrected chi connectivity index (χ0v) is 8.51. The lowest BCUT2D eigenvalue weighted by Crippen LogP contribution is -2.18. The van der Waals surface area contributed by atoms with Crippen LogP contribution in [-0.2, 0) is 0 Å². The van der Waals surface area contributed by atoms with Gasteiger partial charge in [-0.3, -0.25) is 0 Å². The first-order valence-corrected chi connectivity index (χ1v) is 5.20. The molecule has 0 spiro atoms. The Morgan fingerprint density at radius 3 is 2.58 bits per heavy atom. The van der Waals surface area contributed by atoms with Crippen LogP contribution in [-0.4, -0.2) is 0 Å². The van der Waals surface area contributed by atoms with Crippen LogP contribution in [0.1, 0.15) is 40.0 Å². The Morgan fingerprint density at radius 2 is 2.17 bits per heavy atom. The highest BCUT2D eigenvalue weighted by molar-refractivity contribution is 5.02. The Bertz CT molecular complexity index is 184. The molecule has 1 aliphatic rings. The molecule has 0 fully saturated rings. The minimum Gasteiger partial charge on any atom is -0.129 e. The Balaban J connectivity index is 2.50. The molecule has 12 heavy (non-hydrogen) atoms. The molecule has 0 saturated carbocycles. The third kappa shape index (κ3) is 2.01. The lowest BCUT2D eigenvalue weighted by atomic mass is 9.79. The lowest BCUT2D eigenvalue weighted by Gasteiger charge is -2.26. The second kappa shape index (κ2) is 4.52. The minimum absolute atomic E-state index is 0.782. The number of rotatable bonds is 4. The van der Waals surface area contributed by atoms with Gasteiger partial charge in [-0.05, 0) is 36.3 Å². The summed E-state index contributed by atoms with van der Waals surface area (Å²) in [4.78, 5) is 0. The van der Waals surface area contributed by atoms with Crippen LogP contribution in [0, 0.1) is 17.8 Å². The maximum atomic E-state index is 3.22. The van der Waals surface area contributed by atoms with Crippen molar-refractivity contribution in [1.82, 2.24) is 0 Å². The van der Waals surface area contributed by atoms with Gasteiger partial charge >= 0.3 is 0 Å². The van der Waals surface area contributed by atoms with Gasteiger partial charge in [0.05, 0.1) is 0 Å². The van der Waals surface area contributed by atoms with Crippen LogP contribution in [0.2, 0.25) is 0 Å². The number of hydrogen-bond acceptors (Lipinski definition) is 0. The highest BCUT2D eigenvalue weighted by atomic mass is 14.3. The van der Waals surface area contributed by atoms with Crippen molar-refractivity contribution >= 4 is 0 Å². The first-order chi connectivity index (χ1) is 5.79. The van der Waals surface area contributed by atoms with E-state index in [1.54, 1.807) is 0 Å². The first-order valence-electron chi connectivity index (χ1n) is 5.20. The molecule has 0 heterocycles. The lowest BCUT2D eigenvalue weighted by molar-refractivity contribution is 0.267. The fourth-order valence-corrected chi connectivity index (χ4v) is 2.19. The summed E-state index contributed by atoms with van der Waals surface area (Å²) in [5, 5.41) is 0. The van der Waals surface area contributed by atoms with Crippen LogP contribution in [0.25, 0.3) is 0 Å². The molecule has 0 amide bonds. The molecule has 0 saturated heterocycles. The highest BCUT2D eigenvalue weighted by Gasteiger charge is 2.22. The number of hydrogen-bond donors (Lipinski definition) is 0. The topological polar surface area (TPSA) is 0 Å². The van der Waals surface area contributed by atoms with Gasteiger partial charge in [-0.25, -0.2) is 0 Å². The molecule has 0 aromatic carbocycles. The van der Waals surface area contributed by atoms with Gasteiger partial charge in [0.2, 0.25) is 0 Å². The number of allylic oxidation sites excluding steroid dienone is 1. The molecule has 0 nitrogen and oxygen atoms in total. The van der Waals surface area contributed by atoms with E-state index in [4.69, 9.17) is 0 Å². The molecule has 0 aromatic heterocycles. The second-order valence-electron chi connectivity index (χ2n) is 3.89. The van der Waals surface area contributed by atoms with Crippen LogP contribution in [0.5, 0.6) is 0 Å². The summed E-state index contributed by atoms with van der Waals surface area (Å²) in [6.07, 6.45) is 8.29. The third-order valence-corrected chi connectivity index (χ3v) is 3.21. The predicted molar refractivity (Wildman–Crippen MR) is 54.0 cm³/mol. The average molecular weight is 164 g/mol. The minimum atomic E-state index is 0.782. The van der Waals surface area contributed by atoms with Crippen LogP contribution in [0.4, 0.5) is 0 Å². The summed E-state index contributed by atoms with van der Waals surface area (Å²) in [6.45, 7) is 6.97. The van der Waals surface area contributed by atoms with E-state index in [9.17, 15) is 0 Å². The summed E-state index contributed by atoms with van der Waals surface area (Å²) in [7, 11) is 0. The van der Waals surface area contributed by atoms with Crippen molar-refractivity contribution in [2.24, 2.45) is 17.8 Å². The van der Waals surface area contributed by atoms with Gasteiger partial charge in [0.25, 0.3) is 0 Å². The SMILES string of the molecule is CCC(C)C(CC)C1C=C=CC1. The van der Waals surface area contributed by atoms with Crippen LogP contribution in [0.3, 0.4) is 0 Å². The van der Waals surface area contributed by atoms with E-state index >= 15 is 0 Å². The van der Waals surface area contributed by atoms with Crippen molar-refractivity contribution in [3.8, 4) is 0 Å². The fourth-order valence-electron chi connectivity index (χ4n) is 2.19. The predicted octanol–water partition coefficient (Wildman–Crippen LogP) is 3.79. The second-order valence-corrected chi connectivity index (χ2v) is 3.89. The molecular weight excluding hydrogens is 144 g/mol. The van der Waals surface area contributed by atoms with Gasteiger partial charge in [0, 0.05) is 0 Å². The molecule has 0 aromatic rings. The largest absolute Gasteiger partial charge is 0.129 e. The molecular formula is C12H20. The molecule has 68 valence electrons. The van der Waals surface area contributed by atoms with Gasteiger partial charge in [0.15, 0.2) is 0 Å². The van der Waals surface area contributed by atoms with Crippen molar-refractivity contribution in [3.63, 3.8) is 0 Å². The van der Waals surface area contributed by atoms with Crippen molar-refractivity contribution in [2.75, 3.05) is 0 Å². The molecule has 3 unspecified atom stereocenters. The van der Waals surface area contributed by atoms with Gasteiger partial charge in [-0.15, -0.1) is 5.73 Å². The first kappa shape index (κ1) is 9.61. The summed E-state index contributed by atoms with van der Waals surface area (Å²) in [5.74, 6) is 2.52. The summed E-state index contributed by atoms with van der Waals surface area (Å²) >= 11 is 0. The van der Waals surface area contributed by atoms with Gasteiger partial charge in [-0.1, -0.05) is 33.6 Å². The van der Waals surface area contributed by atoms with Crippen molar-refractivity contribution in [2.45, 2.75) is 40.0 Å². The highest BCUT2D eigenvalue weighted by Crippen LogP contribution is 2.31. The Hall–Kier alpha value is -0.480. The molecule has 0 bridgehead atoms. The van der Waals surface area contributed by atoms with Crippen LogP contribution < -0.4 is 0 Å². The summed E-state index contributed by atoms with van der Waals surface area (Å²) < 4.78 is 0. The normalized spacial score (nSPS) is 26.1. The monoisotopic (exact) mass is 164 g/mol. The third-order valence-electron chi connectivity index (χ3n) is 3.21. The molecule has 1 rings (SSSR count). The summed E-state index contributed by atoms with van der Waals surface area (Å²) in [5.41, 5.74) is 3.22. The Labute approximate surface area is 76.4 Å². The van der Waals surface area contributed by atoms with Crippen LogP contribution >= 0.6 is 0 Å². The van der Waals surface area contributed by atoms with E-state index in [1.807, 2.05) is 0 Å². The van der Waals surface area contributed by atoms with Crippen LogP contribution in [0.15, 0.2) is 17.9 Å². The smallest absolute Gasteiger partial charge is 0.00861 e. The zero-order chi connectivity index (χ0) is 8.97. The van der Waals surface area contributed by atoms with Crippen molar-refractivity contribution in [1.29, 1.82) is 0 Å². The zero-order valence-electron chi connectivity index (χ0n) is 8.51.